The van der Waals surface area contributed by atoms with Crippen molar-refractivity contribution in [3.8, 4) is 0 Å². The molecule has 0 bridgehead atoms. The molecule has 0 aromatic heterocycles. The van der Waals surface area contributed by atoms with Crippen molar-refractivity contribution in [2.24, 2.45) is 0 Å². The Hall–Kier alpha value is -1.53. The van der Waals surface area contributed by atoms with Gasteiger partial charge in [-0.15, -0.1) is 0 Å². The van der Waals surface area contributed by atoms with Crippen LogP contribution in [0.15, 0.2) is 18.2 Å². The zero-order chi connectivity index (χ0) is 13.0. The molecule has 1 heterocycles. The molecule has 2 rings (SSSR count). The number of benzene rings is 1. The number of hydrogen-bond donors (Lipinski definition) is 1. The molecular formula is C12H15FN2O3. The maximum Gasteiger partial charge on any atom is 0.275 e. The second-order valence-electron chi connectivity index (χ2n) is 4.34. The minimum absolute atomic E-state index is 0.0618. The molecule has 5 nitrogen and oxygen atoms in total. The number of nitro groups is 1. The predicted molar refractivity (Wildman–Crippen MR) is 63.7 cm³/mol. The standard InChI is InChI=1S/C12H15FN2O3/c13-10-3-4-12(15(16)17)9(6-10)7-18-8-11-2-1-5-14-11/h3-4,6,11,14H,1-2,5,7-8H2. The summed E-state index contributed by atoms with van der Waals surface area (Å²) in [5.41, 5.74) is 0.175. The first-order valence-electron chi connectivity index (χ1n) is 5.91. The molecule has 18 heavy (non-hydrogen) atoms. The summed E-state index contributed by atoms with van der Waals surface area (Å²) in [7, 11) is 0. The van der Waals surface area contributed by atoms with Gasteiger partial charge in [-0.25, -0.2) is 4.39 Å². The van der Waals surface area contributed by atoms with Gasteiger partial charge in [-0.2, -0.15) is 0 Å². The summed E-state index contributed by atoms with van der Waals surface area (Å²) in [6.45, 7) is 1.54. The number of ether oxygens (including phenoxy) is 1. The van der Waals surface area contributed by atoms with Crippen molar-refractivity contribution >= 4 is 5.69 Å². The van der Waals surface area contributed by atoms with Crippen molar-refractivity contribution in [2.45, 2.75) is 25.5 Å². The lowest BCUT2D eigenvalue weighted by molar-refractivity contribution is -0.386. The smallest absolute Gasteiger partial charge is 0.275 e. The highest BCUT2D eigenvalue weighted by Gasteiger charge is 2.17. The molecule has 1 aliphatic heterocycles. The Morgan fingerprint density at radius 1 is 1.56 bits per heavy atom. The van der Waals surface area contributed by atoms with E-state index < -0.39 is 10.7 Å². The number of nitro benzene ring substituents is 1. The van der Waals surface area contributed by atoms with Crippen LogP contribution in [0.4, 0.5) is 10.1 Å². The molecule has 1 saturated heterocycles. The third-order valence-corrected chi connectivity index (χ3v) is 2.98. The molecule has 6 heteroatoms. The van der Waals surface area contributed by atoms with Crippen molar-refractivity contribution < 1.29 is 14.1 Å². The minimum atomic E-state index is -0.522. The Balaban J connectivity index is 1.94. The van der Waals surface area contributed by atoms with Crippen molar-refractivity contribution in [1.82, 2.24) is 5.32 Å². The molecule has 1 fully saturated rings. The predicted octanol–water partition coefficient (Wildman–Crippen LogP) is 2.00. The number of nitrogens with zero attached hydrogens (tertiary/aromatic N) is 1. The third-order valence-electron chi connectivity index (χ3n) is 2.98. The van der Waals surface area contributed by atoms with E-state index in [0.29, 0.717) is 12.6 Å². The number of halogens is 1. The first-order chi connectivity index (χ1) is 8.66. The van der Waals surface area contributed by atoms with Gasteiger partial charge in [-0.1, -0.05) is 0 Å². The van der Waals surface area contributed by atoms with E-state index in [4.69, 9.17) is 4.74 Å². The molecule has 0 radical (unpaired) electrons. The number of hydrogen-bond acceptors (Lipinski definition) is 4. The van der Waals surface area contributed by atoms with Gasteiger partial charge in [0.15, 0.2) is 0 Å². The Labute approximate surface area is 104 Å². The lowest BCUT2D eigenvalue weighted by Crippen LogP contribution is -2.26. The quantitative estimate of drug-likeness (QED) is 0.644. The van der Waals surface area contributed by atoms with Crippen LogP contribution in [0.5, 0.6) is 0 Å². The van der Waals surface area contributed by atoms with Crippen LogP contribution in [-0.2, 0) is 11.3 Å². The van der Waals surface area contributed by atoms with E-state index in [1.807, 2.05) is 0 Å². The molecule has 0 spiro atoms. The van der Waals surface area contributed by atoms with Crippen LogP contribution < -0.4 is 5.32 Å². The van der Waals surface area contributed by atoms with Gasteiger partial charge >= 0.3 is 0 Å². The topological polar surface area (TPSA) is 64.4 Å². The van der Waals surface area contributed by atoms with Gasteiger partial charge in [0, 0.05) is 12.1 Å². The summed E-state index contributed by atoms with van der Waals surface area (Å²) in [4.78, 5) is 10.2. The highest BCUT2D eigenvalue weighted by Crippen LogP contribution is 2.20. The van der Waals surface area contributed by atoms with E-state index in [1.54, 1.807) is 0 Å². The Morgan fingerprint density at radius 3 is 3.06 bits per heavy atom. The summed E-state index contributed by atoms with van der Waals surface area (Å²) in [6, 6.07) is 3.71. The van der Waals surface area contributed by atoms with Crippen molar-refractivity contribution in [1.29, 1.82) is 0 Å². The van der Waals surface area contributed by atoms with Gasteiger partial charge in [0.05, 0.1) is 23.7 Å². The van der Waals surface area contributed by atoms with E-state index in [1.165, 1.54) is 6.07 Å². The molecule has 1 aromatic rings. The fourth-order valence-corrected chi connectivity index (χ4v) is 2.06. The fourth-order valence-electron chi connectivity index (χ4n) is 2.06. The van der Waals surface area contributed by atoms with Gasteiger partial charge < -0.3 is 10.1 Å². The Morgan fingerprint density at radius 2 is 2.39 bits per heavy atom. The fraction of sp³-hybridized carbons (Fsp3) is 0.500. The van der Waals surface area contributed by atoms with Crippen LogP contribution in [0.25, 0.3) is 0 Å². The monoisotopic (exact) mass is 254 g/mol. The largest absolute Gasteiger partial charge is 0.375 e. The van der Waals surface area contributed by atoms with Gasteiger partial charge in [-0.3, -0.25) is 10.1 Å². The van der Waals surface area contributed by atoms with Crippen LogP contribution in [0.2, 0.25) is 0 Å². The zero-order valence-electron chi connectivity index (χ0n) is 9.89. The van der Waals surface area contributed by atoms with Crippen LogP contribution >= 0.6 is 0 Å². The molecule has 0 amide bonds. The molecule has 1 unspecified atom stereocenters. The minimum Gasteiger partial charge on any atom is -0.375 e. The van der Waals surface area contributed by atoms with E-state index in [-0.39, 0.29) is 17.9 Å². The van der Waals surface area contributed by atoms with Crippen molar-refractivity contribution in [3.63, 3.8) is 0 Å². The molecule has 98 valence electrons. The first kappa shape index (κ1) is 12.9. The summed E-state index contributed by atoms with van der Waals surface area (Å²) < 4.78 is 18.5. The maximum atomic E-state index is 13.0. The van der Waals surface area contributed by atoms with Crippen LogP contribution in [0.3, 0.4) is 0 Å². The van der Waals surface area contributed by atoms with Crippen LogP contribution in [-0.4, -0.2) is 24.1 Å². The average Bonchev–Trinajstić information content (AvgIpc) is 2.82. The van der Waals surface area contributed by atoms with Gasteiger partial charge in [-0.05, 0) is 31.5 Å². The van der Waals surface area contributed by atoms with E-state index in [2.05, 4.69) is 5.32 Å². The zero-order valence-corrected chi connectivity index (χ0v) is 9.89. The highest BCUT2D eigenvalue weighted by molar-refractivity contribution is 5.39. The number of rotatable bonds is 5. The van der Waals surface area contributed by atoms with E-state index in [0.717, 1.165) is 31.5 Å². The van der Waals surface area contributed by atoms with Crippen molar-refractivity contribution in [2.75, 3.05) is 13.2 Å². The van der Waals surface area contributed by atoms with Crippen molar-refractivity contribution in [3.05, 3.63) is 39.7 Å². The first-order valence-corrected chi connectivity index (χ1v) is 5.91. The molecule has 1 aromatic carbocycles. The SMILES string of the molecule is O=[N+]([O-])c1ccc(F)cc1COCC1CCCN1. The van der Waals surface area contributed by atoms with Gasteiger partial charge in [0.25, 0.3) is 5.69 Å². The molecular weight excluding hydrogens is 239 g/mol. The van der Waals surface area contributed by atoms with Crippen LogP contribution in [0.1, 0.15) is 18.4 Å². The Bertz CT molecular complexity index is 433. The lowest BCUT2D eigenvalue weighted by Gasteiger charge is -2.10. The highest BCUT2D eigenvalue weighted by atomic mass is 19.1. The molecule has 1 atom stereocenters. The average molecular weight is 254 g/mol. The molecule has 0 aliphatic carbocycles. The molecule has 1 aliphatic rings. The maximum absolute atomic E-state index is 13.0. The van der Waals surface area contributed by atoms with E-state index >= 15 is 0 Å². The normalized spacial score (nSPS) is 19.1. The molecule has 0 saturated carbocycles. The lowest BCUT2D eigenvalue weighted by atomic mass is 10.2. The summed E-state index contributed by atoms with van der Waals surface area (Å²) in [5, 5.41) is 14.0. The molecule has 1 N–H and O–H groups in total. The second-order valence-corrected chi connectivity index (χ2v) is 4.34. The summed E-state index contributed by atoms with van der Waals surface area (Å²) >= 11 is 0. The van der Waals surface area contributed by atoms with Gasteiger partial charge in [0.1, 0.15) is 5.82 Å². The summed E-state index contributed by atoms with van der Waals surface area (Å²) in [5.74, 6) is -0.488. The van der Waals surface area contributed by atoms with Crippen LogP contribution in [0, 0.1) is 15.9 Å². The summed E-state index contributed by atoms with van der Waals surface area (Å²) in [6.07, 6.45) is 2.17. The van der Waals surface area contributed by atoms with Gasteiger partial charge in [0.2, 0.25) is 0 Å². The third kappa shape index (κ3) is 3.24. The second kappa shape index (κ2) is 5.88. The van der Waals surface area contributed by atoms with E-state index in [9.17, 15) is 14.5 Å². The number of nitrogens with one attached hydrogen (secondary N) is 1. The Kier molecular flexibility index (Phi) is 4.22.